The molecule has 0 spiro atoms. The van der Waals surface area contributed by atoms with Gasteiger partial charge in [-0.25, -0.2) is 4.68 Å². The third-order valence-corrected chi connectivity index (χ3v) is 4.25. The Labute approximate surface area is 145 Å². The van der Waals surface area contributed by atoms with Crippen LogP contribution in [0, 0.1) is 6.92 Å². The van der Waals surface area contributed by atoms with Crippen molar-refractivity contribution in [3.05, 3.63) is 60.0 Å². The molecule has 1 fully saturated rings. The second kappa shape index (κ2) is 6.57. The number of carbonyl (C=O) groups is 1. The molecule has 3 heterocycles. The van der Waals surface area contributed by atoms with Crippen LogP contribution < -0.4 is 0 Å². The molecular weight excluding hydrogens is 318 g/mol. The molecule has 0 radical (unpaired) electrons. The van der Waals surface area contributed by atoms with Gasteiger partial charge in [0.05, 0.1) is 25.2 Å². The van der Waals surface area contributed by atoms with Gasteiger partial charge < -0.3 is 14.1 Å². The van der Waals surface area contributed by atoms with E-state index in [1.807, 2.05) is 43.3 Å². The van der Waals surface area contributed by atoms with Crippen molar-refractivity contribution in [1.29, 1.82) is 0 Å². The number of morpholine rings is 1. The number of hydrogen-bond acceptors (Lipinski definition) is 4. The monoisotopic (exact) mass is 337 g/mol. The van der Waals surface area contributed by atoms with E-state index in [1.54, 1.807) is 21.9 Å². The smallest absolute Gasteiger partial charge is 0.272 e. The average Bonchev–Trinajstić information content (AvgIpc) is 3.31. The van der Waals surface area contributed by atoms with Crippen molar-refractivity contribution in [3.8, 4) is 17.1 Å². The van der Waals surface area contributed by atoms with Gasteiger partial charge in [-0.05, 0) is 36.8 Å². The first kappa shape index (κ1) is 15.7. The highest BCUT2D eigenvalue weighted by atomic mass is 16.5. The fraction of sp³-hybridized carbons (Fsp3) is 0.263. The second-order valence-electron chi connectivity index (χ2n) is 6.05. The standard InChI is InChI=1S/C19H19N3O3/c1-14-4-2-5-15(12-14)22-17(19(23)21-7-10-24-11-8-21)13-16(20-22)18-6-3-9-25-18/h2-6,9,12-13H,7-8,10-11H2,1H3. The van der Waals surface area contributed by atoms with E-state index in [9.17, 15) is 4.79 Å². The topological polar surface area (TPSA) is 60.5 Å². The molecule has 6 nitrogen and oxygen atoms in total. The molecule has 1 aromatic carbocycles. The highest BCUT2D eigenvalue weighted by Gasteiger charge is 2.24. The Morgan fingerprint density at radius 2 is 1.96 bits per heavy atom. The van der Waals surface area contributed by atoms with Crippen molar-refractivity contribution in [1.82, 2.24) is 14.7 Å². The number of carbonyl (C=O) groups excluding carboxylic acids is 1. The van der Waals surface area contributed by atoms with Gasteiger partial charge in [0.1, 0.15) is 11.4 Å². The summed E-state index contributed by atoms with van der Waals surface area (Å²) in [6.45, 7) is 4.33. The number of nitrogens with zero attached hydrogens (tertiary/aromatic N) is 3. The van der Waals surface area contributed by atoms with Crippen molar-refractivity contribution >= 4 is 5.91 Å². The Morgan fingerprint density at radius 3 is 2.68 bits per heavy atom. The maximum Gasteiger partial charge on any atom is 0.272 e. The van der Waals surface area contributed by atoms with Crippen LogP contribution in [0.3, 0.4) is 0 Å². The van der Waals surface area contributed by atoms with E-state index in [-0.39, 0.29) is 5.91 Å². The summed E-state index contributed by atoms with van der Waals surface area (Å²) in [5.41, 5.74) is 3.13. The summed E-state index contributed by atoms with van der Waals surface area (Å²) in [5, 5.41) is 4.62. The van der Waals surface area contributed by atoms with Crippen LogP contribution in [-0.2, 0) is 4.74 Å². The van der Waals surface area contributed by atoms with E-state index in [1.165, 1.54) is 0 Å². The molecule has 0 bridgehead atoms. The van der Waals surface area contributed by atoms with Crippen LogP contribution in [0.2, 0.25) is 0 Å². The first-order valence-electron chi connectivity index (χ1n) is 8.30. The molecule has 1 aliphatic heterocycles. The minimum Gasteiger partial charge on any atom is -0.463 e. The van der Waals surface area contributed by atoms with Gasteiger partial charge in [0, 0.05) is 19.2 Å². The predicted octanol–water partition coefficient (Wildman–Crippen LogP) is 2.91. The van der Waals surface area contributed by atoms with E-state index >= 15 is 0 Å². The highest BCUT2D eigenvalue weighted by molar-refractivity contribution is 5.94. The van der Waals surface area contributed by atoms with Crippen molar-refractivity contribution in [2.75, 3.05) is 26.3 Å². The van der Waals surface area contributed by atoms with E-state index in [0.29, 0.717) is 43.5 Å². The van der Waals surface area contributed by atoms with Crippen LogP contribution >= 0.6 is 0 Å². The van der Waals surface area contributed by atoms with Crippen molar-refractivity contribution in [3.63, 3.8) is 0 Å². The van der Waals surface area contributed by atoms with Crippen LogP contribution in [0.5, 0.6) is 0 Å². The largest absolute Gasteiger partial charge is 0.463 e. The van der Waals surface area contributed by atoms with Gasteiger partial charge in [0.25, 0.3) is 5.91 Å². The quantitative estimate of drug-likeness (QED) is 0.737. The van der Waals surface area contributed by atoms with Gasteiger partial charge in [0.15, 0.2) is 5.76 Å². The van der Waals surface area contributed by atoms with Gasteiger partial charge in [-0.3, -0.25) is 4.79 Å². The molecule has 128 valence electrons. The number of aromatic nitrogens is 2. The van der Waals surface area contributed by atoms with E-state index in [2.05, 4.69) is 5.10 Å². The molecule has 4 rings (SSSR count). The molecule has 6 heteroatoms. The lowest BCUT2D eigenvalue weighted by Crippen LogP contribution is -2.41. The molecule has 2 aromatic heterocycles. The zero-order valence-corrected chi connectivity index (χ0v) is 14.0. The van der Waals surface area contributed by atoms with E-state index in [4.69, 9.17) is 9.15 Å². The van der Waals surface area contributed by atoms with Gasteiger partial charge in [-0.2, -0.15) is 5.10 Å². The summed E-state index contributed by atoms with van der Waals surface area (Å²) in [6, 6.07) is 13.4. The number of furan rings is 1. The van der Waals surface area contributed by atoms with Crippen molar-refractivity contribution in [2.24, 2.45) is 0 Å². The Morgan fingerprint density at radius 1 is 1.12 bits per heavy atom. The van der Waals surface area contributed by atoms with Crippen molar-refractivity contribution < 1.29 is 13.9 Å². The summed E-state index contributed by atoms with van der Waals surface area (Å²) in [4.78, 5) is 14.8. The number of hydrogen-bond donors (Lipinski definition) is 0. The lowest BCUT2D eigenvalue weighted by Gasteiger charge is -2.26. The van der Waals surface area contributed by atoms with Crippen LogP contribution in [-0.4, -0.2) is 46.9 Å². The molecule has 1 amide bonds. The molecule has 1 saturated heterocycles. The van der Waals surface area contributed by atoms with E-state index in [0.717, 1.165) is 11.3 Å². The number of benzene rings is 1. The lowest BCUT2D eigenvalue weighted by atomic mass is 10.2. The van der Waals surface area contributed by atoms with Crippen LogP contribution in [0.4, 0.5) is 0 Å². The van der Waals surface area contributed by atoms with Crippen LogP contribution in [0.1, 0.15) is 16.1 Å². The zero-order chi connectivity index (χ0) is 17.2. The minimum atomic E-state index is -0.0462. The normalized spacial score (nSPS) is 14.7. The first-order chi connectivity index (χ1) is 12.2. The Kier molecular flexibility index (Phi) is 4.11. The fourth-order valence-corrected chi connectivity index (χ4v) is 2.96. The summed E-state index contributed by atoms with van der Waals surface area (Å²) in [6.07, 6.45) is 1.60. The minimum absolute atomic E-state index is 0.0462. The highest BCUT2D eigenvalue weighted by Crippen LogP contribution is 2.23. The molecule has 25 heavy (non-hydrogen) atoms. The van der Waals surface area contributed by atoms with Gasteiger partial charge in [0.2, 0.25) is 0 Å². The molecule has 0 N–H and O–H groups in total. The third kappa shape index (κ3) is 3.08. The molecule has 0 unspecified atom stereocenters. The third-order valence-electron chi connectivity index (χ3n) is 4.25. The number of amides is 1. The maximum atomic E-state index is 13.0. The second-order valence-corrected chi connectivity index (χ2v) is 6.05. The zero-order valence-electron chi connectivity index (χ0n) is 14.0. The Bertz CT molecular complexity index is 877. The van der Waals surface area contributed by atoms with Gasteiger partial charge in [-0.15, -0.1) is 0 Å². The van der Waals surface area contributed by atoms with Gasteiger partial charge >= 0.3 is 0 Å². The first-order valence-corrected chi connectivity index (χ1v) is 8.30. The summed E-state index contributed by atoms with van der Waals surface area (Å²) in [7, 11) is 0. The average molecular weight is 337 g/mol. The Balaban J connectivity index is 1.79. The molecule has 0 saturated carbocycles. The van der Waals surface area contributed by atoms with Crippen molar-refractivity contribution in [2.45, 2.75) is 6.92 Å². The Hall–Kier alpha value is -2.86. The van der Waals surface area contributed by atoms with E-state index < -0.39 is 0 Å². The van der Waals surface area contributed by atoms with Gasteiger partial charge in [-0.1, -0.05) is 12.1 Å². The number of aryl methyl sites for hydroxylation is 1. The molecule has 0 aliphatic carbocycles. The van der Waals surface area contributed by atoms with Crippen LogP contribution in [0.25, 0.3) is 17.1 Å². The lowest BCUT2D eigenvalue weighted by molar-refractivity contribution is 0.0297. The fourth-order valence-electron chi connectivity index (χ4n) is 2.96. The molecular formula is C19H19N3O3. The molecule has 3 aromatic rings. The molecule has 1 aliphatic rings. The SMILES string of the molecule is Cc1cccc(-n2nc(-c3ccco3)cc2C(=O)N2CCOCC2)c1. The predicted molar refractivity (Wildman–Crippen MR) is 92.7 cm³/mol. The summed E-state index contributed by atoms with van der Waals surface area (Å²) < 4.78 is 12.5. The molecule has 0 atom stereocenters. The number of ether oxygens (including phenoxy) is 1. The van der Waals surface area contributed by atoms with Crippen LogP contribution in [0.15, 0.2) is 53.1 Å². The number of rotatable bonds is 3. The maximum absolute atomic E-state index is 13.0. The summed E-state index contributed by atoms with van der Waals surface area (Å²) in [5.74, 6) is 0.595. The summed E-state index contributed by atoms with van der Waals surface area (Å²) >= 11 is 0.